The summed E-state index contributed by atoms with van der Waals surface area (Å²) in [6.45, 7) is 3.44. The number of benzene rings is 1. The third-order valence-electron chi connectivity index (χ3n) is 4.79. The van der Waals surface area contributed by atoms with Crippen LogP contribution in [-0.2, 0) is 4.79 Å². The Morgan fingerprint density at radius 2 is 2.19 bits per heavy atom. The Morgan fingerprint density at radius 1 is 1.52 bits per heavy atom. The molecular weight excluding hydrogens is 353 g/mol. The zero-order valence-corrected chi connectivity index (χ0v) is 15.2. The second kappa shape index (κ2) is 7.11. The van der Waals surface area contributed by atoms with Crippen molar-refractivity contribution >= 4 is 28.8 Å². The lowest BCUT2D eigenvalue weighted by molar-refractivity contribution is -0.106. The zero-order chi connectivity index (χ0) is 19.9. The Labute approximate surface area is 155 Å². The number of pyridine rings is 1. The number of hydrogen-bond acceptors (Lipinski definition) is 5. The fourth-order valence-electron chi connectivity index (χ4n) is 3.40. The van der Waals surface area contributed by atoms with Gasteiger partial charge in [0.1, 0.15) is 17.7 Å². The lowest BCUT2D eigenvalue weighted by Crippen LogP contribution is -2.37. The molecule has 1 unspecified atom stereocenters. The van der Waals surface area contributed by atoms with Gasteiger partial charge >= 0.3 is 5.97 Å². The topological polar surface area (TPSA) is 106 Å². The third-order valence-corrected chi connectivity index (χ3v) is 4.79. The van der Waals surface area contributed by atoms with Gasteiger partial charge in [0.2, 0.25) is 5.43 Å². The minimum Gasteiger partial charge on any atom is -0.477 e. The fraction of sp³-hybridized carbons (Fsp3) is 0.421. The number of aldehydes is 1. The maximum Gasteiger partial charge on any atom is 0.341 e. The quantitative estimate of drug-likeness (QED) is 0.716. The monoisotopic (exact) mass is 375 g/mol. The molecule has 0 radical (unpaired) electrons. The van der Waals surface area contributed by atoms with Crippen molar-refractivity contribution < 1.29 is 19.1 Å². The summed E-state index contributed by atoms with van der Waals surface area (Å²) in [5.41, 5.74) is 5.48. The molecule has 1 saturated carbocycles. The summed E-state index contributed by atoms with van der Waals surface area (Å²) in [5.74, 6) is -1.98. The molecule has 2 aromatic rings. The van der Waals surface area contributed by atoms with E-state index >= 15 is 4.39 Å². The van der Waals surface area contributed by atoms with Crippen LogP contribution < -0.4 is 16.1 Å². The smallest absolute Gasteiger partial charge is 0.341 e. The largest absolute Gasteiger partial charge is 0.477 e. The number of anilines is 1. The molecule has 7 nitrogen and oxygen atoms in total. The van der Waals surface area contributed by atoms with Crippen molar-refractivity contribution in [3.8, 4) is 0 Å². The summed E-state index contributed by atoms with van der Waals surface area (Å²) < 4.78 is 16.9. The number of carbonyl (C=O) groups excluding carboxylic acids is 1. The fourth-order valence-corrected chi connectivity index (χ4v) is 3.40. The average molecular weight is 375 g/mol. The number of aromatic nitrogens is 1. The van der Waals surface area contributed by atoms with E-state index < -0.39 is 17.2 Å². The van der Waals surface area contributed by atoms with Crippen molar-refractivity contribution in [3.63, 3.8) is 0 Å². The standard InChI is InChI=1S/C19H22FN3O4/c1-10(21)8-22(5-6-24)15-7-14-16(11(2)17(15)20)18(25)13(19(26)27)9-23(14)12-3-4-12/h6-7,9-10,12H,3-5,8,21H2,1-2H3,(H,26,27). The molecule has 1 fully saturated rings. The van der Waals surface area contributed by atoms with Gasteiger partial charge < -0.3 is 25.1 Å². The van der Waals surface area contributed by atoms with Crippen LogP contribution in [0, 0.1) is 12.7 Å². The number of halogens is 1. The van der Waals surface area contributed by atoms with E-state index in [1.54, 1.807) is 11.5 Å². The molecule has 1 heterocycles. The summed E-state index contributed by atoms with van der Waals surface area (Å²) in [7, 11) is 0. The van der Waals surface area contributed by atoms with Crippen LogP contribution in [-0.4, -0.2) is 41.1 Å². The second-order valence-electron chi connectivity index (χ2n) is 7.09. The first-order valence-corrected chi connectivity index (χ1v) is 8.81. The molecule has 144 valence electrons. The summed E-state index contributed by atoms with van der Waals surface area (Å²) in [6, 6.07) is 1.31. The van der Waals surface area contributed by atoms with Crippen LogP contribution in [0.1, 0.15) is 41.7 Å². The molecule has 3 N–H and O–H groups in total. The molecule has 0 aliphatic heterocycles. The number of nitrogens with zero attached hydrogens (tertiary/aromatic N) is 2. The number of aromatic carboxylic acids is 1. The predicted molar refractivity (Wildman–Crippen MR) is 100 cm³/mol. The first kappa shape index (κ1) is 19.0. The maximum atomic E-state index is 15.1. The van der Waals surface area contributed by atoms with Gasteiger partial charge in [0.05, 0.1) is 23.1 Å². The second-order valence-corrected chi connectivity index (χ2v) is 7.09. The third kappa shape index (κ3) is 3.44. The highest BCUT2D eigenvalue weighted by Gasteiger charge is 2.29. The molecule has 1 atom stereocenters. The number of nitrogens with two attached hydrogens (primary N) is 1. The first-order chi connectivity index (χ1) is 12.8. The number of fused-ring (bicyclic) bond motifs is 1. The molecule has 1 aliphatic rings. The normalized spacial score (nSPS) is 15.0. The van der Waals surface area contributed by atoms with E-state index in [2.05, 4.69) is 0 Å². The number of carboxylic acid groups (broad SMARTS) is 1. The van der Waals surface area contributed by atoms with Gasteiger partial charge in [-0.05, 0) is 32.8 Å². The SMILES string of the molecule is Cc1c(F)c(N(CC=O)CC(C)N)cc2c1c(=O)c(C(=O)O)cn2C1CC1. The molecule has 8 heteroatoms. The van der Waals surface area contributed by atoms with Gasteiger partial charge in [-0.2, -0.15) is 0 Å². The van der Waals surface area contributed by atoms with Gasteiger partial charge in [-0.1, -0.05) is 0 Å². The number of rotatable bonds is 7. The maximum absolute atomic E-state index is 15.1. The van der Waals surface area contributed by atoms with Gasteiger partial charge in [-0.15, -0.1) is 0 Å². The molecule has 0 saturated heterocycles. The Balaban J connectivity index is 2.33. The Kier molecular flexibility index (Phi) is 5.01. The van der Waals surface area contributed by atoms with Crippen LogP contribution in [0.15, 0.2) is 17.1 Å². The van der Waals surface area contributed by atoms with Crippen molar-refractivity contribution in [1.82, 2.24) is 4.57 Å². The molecular formula is C19H22FN3O4. The minimum absolute atomic E-state index is 0.0374. The highest BCUT2D eigenvalue weighted by atomic mass is 19.1. The van der Waals surface area contributed by atoms with Crippen LogP contribution in [0.2, 0.25) is 0 Å². The molecule has 0 amide bonds. The van der Waals surface area contributed by atoms with Gasteiger partial charge in [0, 0.05) is 30.4 Å². The first-order valence-electron chi connectivity index (χ1n) is 8.81. The molecule has 3 rings (SSSR count). The van der Waals surface area contributed by atoms with E-state index in [9.17, 15) is 19.5 Å². The molecule has 1 aliphatic carbocycles. The number of hydrogen-bond donors (Lipinski definition) is 2. The van der Waals surface area contributed by atoms with E-state index in [0.717, 1.165) is 12.8 Å². The average Bonchev–Trinajstić information content (AvgIpc) is 3.41. The summed E-state index contributed by atoms with van der Waals surface area (Å²) in [4.78, 5) is 36.7. The van der Waals surface area contributed by atoms with Crippen molar-refractivity contribution in [2.24, 2.45) is 5.73 Å². The predicted octanol–water partition coefficient (Wildman–Crippen LogP) is 1.83. The summed E-state index contributed by atoms with van der Waals surface area (Å²) in [5, 5.41) is 9.42. The van der Waals surface area contributed by atoms with Gasteiger partial charge in [0.15, 0.2) is 0 Å². The Hall–Kier alpha value is -2.74. The lowest BCUT2D eigenvalue weighted by atomic mass is 10.0. The van der Waals surface area contributed by atoms with Crippen LogP contribution in [0.3, 0.4) is 0 Å². The van der Waals surface area contributed by atoms with E-state index in [4.69, 9.17) is 5.73 Å². The number of carboxylic acids is 1. The van der Waals surface area contributed by atoms with Crippen molar-refractivity contribution in [1.29, 1.82) is 0 Å². The van der Waals surface area contributed by atoms with E-state index in [0.29, 0.717) is 11.8 Å². The lowest BCUT2D eigenvalue weighted by Gasteiger charge is -2.26. The zero-order valence-electron chi connectivity index (χ0n) is 15.2. The highest BCUT2D eigenvalue weighted by Crippen LogP contribution is 2.39. The molecule has 1 aromatic heterocycles. The summed E-state index contributed by atoms with van der Waals surface area (Å²) in [6.07, 6.45) is 3.73. The number of aryl methyl sites for hydroxylation is 1. The van der Waals surface area contributed by atoms with E-state index in [-0.39, 0.29) is 47.4 Å². The van der Waals surface area contributed by atoms with Crippen LogP contribution in [0.5, 0.6) is 0 Å². The molecule has 1 aromatic carbocycles. The highest BCUT2D eigenvalue weighted by molar-refractivity contribution is 5.95. The summed E-state index contributed by atoms with van der Waals surface area (Å²) >= 11 is 0. The van der Waals surface area contributed by atoms with Crippen LogP contribution >= 0.6 is 0 Å². The van der Waals surface area contributed by atoms with Gasteiger partial charge in [-0.3, -0.25) is 4.79 Å². The van der Waals surface area contributed by atoms with E-state index in [1.807, 2.05) is 0 Å². The van der Waals surface area contributed by atoms with Crippen molar-refractivity contribution in [3.05, 3.63) is 39.4 Å². The van der Waals surface area contributed by atoms with Crippen LogP contribution in [0.4, 0.5) is 10.1 Å². The van der Waals surface area contributed by atoms with Gasteiger partial charge in [0.25, 0.3) is 0 Å². The van der Waals surface area contributed by atoms with Gasteiger partial charge in [-0.25, -0.2) is 9.18 Å². The van der Waals surface area contributed by atoms with Crippen LogP contribution in [0.25, 0.3) is 10.9 Å². The van der Waals surface area contributed by atoms with E-state index in [1.165, 1.54) is 24.1 Å². The molecule has 0 bridgehead atoms. The Morgan fingerprint density at radius 3 is 2.70 bits per heavy atom. The van der Waals surface area contributed by atoms with Crippen molar-refractivity contribution in [2.45, 2.75) is 38.8 Å². The minimum atomic E-state index is -1.33. The molecule has 27 heavy (non-hydrogen) atoms. The van der Waals surface area contributed by atoms with Crippen molar-refractivity contribution in [2.75, 3.05) is 18.0 Å². The molecule has 0 spiro atoms. The number of carbonyl (C=O) groups is 2. The Bertz CT molecular complexity index is 979.